The Labute approximate surface area is 440 Å². The van der Waals surface area contributed by atoms with Gasteiger partial charge in [-0.3, -0.25) is 14.4 Å². The van der Waals surface area contributed by atoms with Crippen molar-refractivity contribution < 1.29 is 28.6 Å². The average Bonchev–Trinajstić information content (AvgIpc) is 3.37. The van der Waals surface area contributed by atoms with E-state index in [0.29, 0.717) is 19.3 Å². The first-order chi connectivity index (χ1) is 35.0. The van der Waals surface area contributed by atoms with Gasteiger partial charge in [0.2, 0.25) is 0 Å². The molecule has 0 radical (unpaired) electrons. The molecule has 0 aliphatic rings. The standard InChI is InChI=1S/C65H114O6/c1-4-7-10-13-16-18-20-21-22-23-24-25-26-27-28-29-30-31-32-33-34-35-36-37-38-39-40-41-42-43-45-46-49-52-55-58-64(67)70-61-62(60-69-63(66)57-54-51-48-15-12-9-6-3)71-65(68)59-56-53-50-47-44-19-17-14-11-8-5-2/h7,10,16,18,21-22,24-25,27-28,30-31,62H,4-6,8-9,11-15,17,19-20,23,26,29,32-61H2,1-3H3/b10-7-,18-16-,22-21-,25-24-,28-27-,31-30-. The number of ether oxygens (including phenoxy) is 3. The second kappa shape index (κ2) is 59.4. The Kier molecular flexibility index (Phi) is 56.8. The number of unbranched alkanes of at least 4 members (excludes halogenated alkanes) is 32. The highest BCUT2D eigenvalue weighted by atomic mass is 16.6. The maximum Gasteiger partial charge on any atom is 0.306 e. The first-order valence-corrected chi connectivity index (χ1v) is 30.4. The van der Waals surface area contributed by atoms with Crippen LogP contribution in [0.25, 0.3) is 0 Å². The van der Waals surface area contributed by atoms with Gasteiger partial charge in [0.15, 0.2) is 6.10 Å². The number of carbonyl (C=O) groups excluding carboxylic acids is 3. The van der Waals surface area contributed by atoms with Gasteiger partial charge in [0.05, 0.1) is 0 Å². The predicted molar refractivity (Wildman–Crippen MR) is 307 cm³/mol. The molecule has 0 saturated heterocycles. The Morgan fingerprint density at radius 1 is 0.296 bits per heavy atom. The normalized spacial score (nSPS) is 12.5. The largest absolute Gasteiger partial charge is 0.462 e. The lowest BCUT2D eigenvalue weighted by molar-refractivity contribution is -0.167. The van der Waals surface area contributed by atoms with Crippen LogP contribution in [-0.2, 0) is 28.6 Å². The zero-order valence-electron chi connectivity index (χ0n) is 47.0. The maximum absolute atomic E-state index is 12.7. The van der Waals surface area contributed by atoms with Crippen LogP contribution < -0.4 is 0 Å². The molecular weight excluding hydrogens is 877 g/mol. The number of esters is 3. The summed E-state index contributed by atoms with van der Waals surface area (Å²) < 4.78 is 16.8. The molecule has 410 valence electrons. The summed E-state index contributed by atoms with van der Waals surface area (Å²) in [6.45, 7) is 6.49. The highest BCUT2D eigenvalue weighted by Gasteiger charge is 2.19. The van der Waals surface area contributed by atoms with Crippen LogP contribution in [0.5, 0.6) is 0 Å². The fourth-order valence-corrected chi connectivity index (χ4v) is 8.68. The maximum atomic E-state index is 12.7. The highest BCUT2D eigenvalue weighted by Crippen LogP contribution is 2.17. The van der Waals surface area contributed by atoms with Gasteiger partial charge < -0.3 is 14.2 Å². The first-order valence-electron chi connectivity index (χ1n) is 30.4. The number of allylic oxidation sites excluding steroid dienone is 12. The van der Waals surface area contributed by atoms with E-state index in [1.165, 1.54) is 167 Å². The summed E-state index contributed by atoms with van der Waals surface area (Å²) in [6, 6.07) is 0. The third kappa shape index (κ3) is 57.6. The zero-order chi connectivity index (χ0) is 51.4. The fraction of sp³-hybridized carbons (Fsp3) is 0.769. The van der Waals surface area contributed by atoms with Gasteiger partial charge in [-0.2, -0.15) is 0 Å². The highest BCUT2D eigenvalue weighted by molar-refractivity contribution is 5.71. The van der Waals surface area contributed by atoms with E-state index in [0.717, 1.165) is 96.3 Å². The number of hydrogen-bond acceptors (Lipinski definition) is 6. The molecule has 6 nitrogen and oxygen atoms in total. The zero-order valence-corrected chi connectivity index (χ0v) is 47.0. The van der Waals surface area contributed by atoms with Crippen LogP contribution in [0, 0.1) is 0 Å². The van der Waals surface area contributed by atoms with Gasteiger partial charge in [0, 0.05) is 19.3 Å². The third-order valence-corrected chi connectivity index (χ3v) is 13.2. The molecule has 0 amide bonds. The van der Waals surface area contributed by atoms with Crippen molar-refractivity contribution in [3.63, 3.8) is 0 Å². The van der Waals surface area contributed by atoms with Gasteiger partial charge in [0.1, 0.15) is 13.2 Å². The summed E-state index contributed by atoms with van der Waals surface area (Å²) >= 11 is 0. The molecule has 1 unspecified atom stereocenters. The molecule has 0 saturated carbocycles. The minimum Gasteiger partial charge on any atom is -0.462 e. The molecule has 6 heteroatoms. The molecule has 0 fully saturated rings. The van der Waals surface area contributed by atoms with Gasteiger partial charge in [0.25, 0.3) is 0 Å². The van der Waals surface area contributed by atoms with E-state index >= 15 is 0 Å². The van der Waals surface area contributed by atoms with Crippen molar-refractivity contribution in [2.24, 2.45) is 0 Å². The van der Waals surface area contributed by atoms with Crippen molar-refractivity contribution >= 4 is 17.9 Å². The van der Waals surface area contributed by atoms with Crippen molar-refractivity contribution in [1.82, 2.24) is 0 Å². The van der Waals surface area contributed by atoms with E-state index in [1.54, 1.807) is 0 Å². The van der Waals surface area contributed by atoms with Crippen LogP contribution in [0.3, 0.4) is 0 Å². The lowest BCUT2D eigenvalue weighted by atomic mass is 10.0. The minimum atomic E-state index is -0.766. The van der Waals surface area contributed by atoms with Crippen LogP contribution in [0.15, 0.2) is 72.9 Å². The van der Waals surface area contributed by atoms with Gasteiger partial charge in [-0.05, 0) is 70.6 Å². The van der Waals surface area contributed by atoms with Crippen LogP contribution in [-0.4, -0.2) is 37.2 Å². The average molecular weight is 992 g/mol. The molecule has 0 N–H and O–H groups in total. The Balaban J connectivity index is 3.94. The lowest BCUT2D eigenvalue weighted by Crippen LogP contribution is -2.30. The summed E-state index contributed by atoms with van der Waals surface area (Å²) in [6.07, 6.45) is 76.6. The van der Waals surface area contributed by atoms with E-state index in [4.69, 9.17) is 14.2 Å². The molecule has 0 aromatic carbocycles. The molecule has 0 aromatic rings. The van der Waals surface area contributed by atoms with Gasteiger partial charge in [-0.25, -0.2) is 0 Å². The van der Waals surface area contributed by atoms with E-state index < -0.39 is 6.10 Å². The summed E-state index contributed by atoms with van der Waals surface area (Å²) in [5, 5.41) is 0. The fourth-order valence-electron chi connectivity index (χ4n) is 8.68. The lowest BCUT2D eigenvalue weighted by Gasteiger charge is -2.18. The van der Waals surface area contributed by atoms with Gasteiger partial charge in [-0.1, -0.05) is 286 Å². The molecule has 0 heterocycles. The van der Waals surface area contributed by atoms with Gasteiger partial charge in [-0.15, -0.1) is 0 Å². The predicted octanol–water partition coefficient (Wildman–Crippen LogP) is 20.5. The summed E-state index contributed by atoms with van der Waals surface area (Å²) in [5.41, 5.74) is 0. The topological polar surface area (TPSA) is 78.9 Å². The second-order valence-corrected chi connectivity index (χ2v) is 20.2. The summed E-state index contributed by atoms with van der Waals surface area (Å²) in [7, 11) is 0. The minimum absolute atomic E-state index is 0.0695. The van der Waals surface area contributed by atoms with Crippen molar-refractivity contribution in [3.05, 3.63) is 72.9 Å². The van der Waals surface area contributed by atoms with E-state index in [1.807, 2.05) is 0 Å². The Hall–Kier alpha value is -3.15. The molecule has 71 heavy (non-hydrogen) atoms. The second-order valence-electron chi connectivity index (χ2n) is 20.2. The monoisotopic (exact) mass is 991 g/mol. The van der Waals surface area contributed by atoms with E-state index in [2.05, 4.69) is 93.7 Å². The molecule has 0 spiro atoms. The quantitative estimate of drug-likeness (QED) is 0.0261. The van der Waals surface area contributed by atoms with Crippen molar-refractivity contribution in [2.45, 2.75) is 309 Å². The SMILES string of the molecule is CC/C=C\C/C=C\C/C=C\C/C=C\C/C=C\C/C=C\CCCCCCCCCCCCCCCCCCC(=O)OCC(COC(=O)CCCCCCCCC)OC(=O)CCCCCCCCCCCCC. The summed E-state index contributed by atoms with van der Waals surface area (Å²) in [5.74, 6) is -0.866. The molecule has 0 aliphatic carbocycles. The number of rotatable bonds is 55. The van der Waals surface area contributed by atoms with Crippen molar-refractivity contribution in [2.75, 3.05) is 13.2 Å². The number of carbonyl (C=O) groups is 3. The van der Waals surface area contributed by atoms with Crippen LogP contribution in [0.1, 0.15) is 303 Å². The Morgan fingerprint density at radius 3 is 0.859 bits per heavy atom. The molecule has 0 aliphatic heterocycles. The Bertz CT molecular complexity index is 1320. The number of hydrogen-bond donors (Lipinski definition) is 0. The first kappa shape index (κ1) is 67.8. The van der Waals surface area contributed by atoms with Gasteiger partial charge >= 0.3 is 17.9 Å². The van der Waals surface area contributed by atoms with E-state index in [9.17, 15) is 14.4 Å². The molecular formula is C65H114O6. The van der Waals surface area contributed by atoms with E-state index in [-0.39, 0.29) is 31.1 Å². The molecule has 0 aromatic heterocycles. The van der Waals surface area contributed by atoms with Crippen LogP contribution in [0.2, 0.25) is 0 Å². The summed E-state index contributed by atoms with van der Waals surface area (Å²) in [4.78, 5) is 37.8. The van der Waals surface area contributed by atoms with Crippen molar-refractivity contribution in [3.8, 4) is 0 Å². The Morgan fingerprint density at radius 2 is 0.549 bits per heavy atom. The molecule has 0 rings (SSSR count). The molecule has 1 atom stereocenters. The van der Waals surface area contributed by atoms with Crippen molar-refractivity contribution in [1.29, 1.82) is 0 Å². The smallest absolute Gasteiger partial charge is 0.306 e. The molecule has 0 bridgehead atoms. The van der Waals surface area contributed by atoms with Crippen LogP contribution >= 0.6 is 0 Å². The van der Waals surface area contributed by atoms with Crippen LogP contribution in [0.4, 0.5) is 0 Å². The third-order valence-electron chi connectivity index (χ3n) is 13.2.